The number of carbonyl (C=O) groups excluding carboxylic acids is 2. The maximum absolute atomic E-state index is 13.5. The number of carbonyl (C=O) groups is 2. The van der Waals surface area contributed by atoms with Crippen molar-refractivity contribution in [2.24, 2.45) is 0 Å². The molecule has 1 aliphatic rings. The number of nitrogens with two attached hydrogens (primary N) is 1. The summed E-state index contributed by atoms with van der Waals surface area (Å²) in [6, 6.07) is 5.88. The number of hydrogen-bond donors (Lipinski definition) is 1. The van der Waals surface area contributed by atoms with E-state index < -0.39 is 25.3 Å². The van der Waals surface area contributed by atoms with Gasteiger partial charge in [-0.25, -0.2) is 9.50 Å². The molecular weight excluding hydrogens is 456 g/mol. The number of nitrogen functional groups attached to an aromatic ring is 1. The molecule has 0 unspecified atom stereocenters. The molecule has 5 rings (SSSR count). The number of nitrogens with zero attached hydrogens (tertiary/aromatic N) is 7. The monoisotopic (exact) mass is 493 g/mol. The average Bonchev–Trinajstić information content (AvgIpc) is 3.54. The Morgan fingerprint density at radius 3 is 2.75 bits per heavy atom. The van der Waals surface area contributed by atoms with E-state index in [1.54, 1.807) is 41.8 Å². The summed E-state index contributed by atoms with van der Waals surface area (Å²) in [5, 5.41) is 8.34. The van der Waals surface area contributed by atoms with Crippen LogP contribution in [-0.2, 0) is 9.59 Å². The lowest BCUT2D eigenvalue weighted by Gasteiger charge is -2.45. The van der Waals surface area contributed by atoms with Crippen LogP contribution < -0.4 is 10.6 Å². The Labute approximate surface area is 219 Å². The number of anilines is 2. The number of fused-ring (bicyclic) bond motifs is 1. The van der Waals surface area contributed by atoms with Gasteiger partial charge in [-0.2, -0.15) is 10.2 Å². The number of rotatable bonds is 4. The van der Waals surface area contributed by atoms with Gasteiger partial charge in [0, 0.05) is 62.8 Å². The van der Waals surface area contributed by atoms with E-state index >= 15 is 0 Å². The van der Waals surface area contributed by atoms with Crippen LogP contribution in [0.3, 0.4) is 0 Å². The first-order valence-corrected chi connectivity index (χ1v) is 11.3. The third kappa shape index (κ3) is 3.69. The van der Waals surface area contributed by atoms with Crippen molar-refractivity contribution in [3.05, 3.63) is 49.1 Å². The molecule has 1 saturated heterocycles. The predicted octanol–water partition coefficient (Wildman–Crippen LogP) is 3.40. The van der Waals surface area contributed by atoms with E-state index in [0.717, 1.165) is 0 Å². The Bertz CT molecular complexity index is 1730. The molecule has 2 N–H and O–H groups in total. The first-order chi connectivity index (χ1) is 19.9. The maximum atomic E-state index is 13.5. The molecule has 0 aliphatic carbocycles. The van der Waals surface area contributed by atoms with Crippen molar-refractivity contribution in [3.63, 3.8) is 0 Å². The van der Waals surface area contributed by atoms with Crippen LogP contribution >= 0.6 is 0 Å². The minimum atomic E-state index is -3.22. The van der Waals surface area contributed by atoms with Gasteiger partial charge in [0.05, 0.1) is 13.3 Å². The lowest BCUT2D eigenvalue weighted by Crippen LogP contribution is -2.64. The van der Waals surface area contributed by atoms with Gasteiger partial charge in [-0.05, 0) is 45.8 Å². The molecule has 0 atom stereocenters. The minimum absolute atomic E-state index is 0.0983. The Kier molecular flexibility index (Phi) is 3.87. The van der Waals surface area contributed by atoms with E-state index in [1.807, 2.05) is 12.1 Å². The molecule has 2 amide bonds. The highest BCUT2D eigenvalue weighted by Gasteiger charge is 2.43. The first kappa shape index (κ1) is 16.5. The van der Waals surface area contributed by atoms with Gasteiger partial charge >= 0.3 is 0 Å². The Hall–Kier alpha value is -4.21. The average molecular weight is 494 g/mol. The lowest BCUT2D eigenvalue weighted by molar-refractivity contribution is -0.145. The van der Waals surface area contributed by atoms with Crippen molar-refractivity contribution in [2.45, 2.75) is 46.0 Å². The van der Waals surface area contributed by atoms with Crippen LogP contribution in [0.25, 0.3) is 27.9 Å². The molecule has 1 fully saturated rings. The molecule has 1 aliphatic heterocycles. The summed E-state index contributed by atoms with van der Waals surface area (Å²) in [4.78, 5) is 32.9. The molecule has 10 heteroatoms. The molecule has 0 saturated carbocycles. The van der Waals surface area contributed by atoms with Crippen molar-refractivity contribution in [2.75, 3.05) is 23.7 Å². The van der Waals surface area contributed by atoms with Crippen molar-refractivity contribution in [1.29, 1.82) is 0 Å². The summed E-state index contributed by atoms with van der Waals surface area (Å²) < 4.78 is 57.3. The SMILES string of the molecule is [2H]C([2H])([2H])C([2H])(n1cc(-c2cc(-c3cccc(N4CCN(C(C)=O)C(C)(C)C4=O)c3)n3ncnc(N)c23)cn1)C([2H])([2H])[2H]. The second-order valence-corrected chi connectivity index (χ2v) is 9.11. The van der Waals surface area contributed by atoms with Gasteiger partial charge in [0.1, 0.15) is 17.4 Å². The highest BCUT2D eigenvalue weighted by Crippen LogP contribution is 2.36. The number of hydrogen-bond acceptors (Lipinski definition) is 6. The largest absolute Gasteiger partial charge is 0.382 e. The molecule has 3 aromatic heterocycles. The summed E-state index contributed by atoms with van der Waals surface area (Å²) in [5.74, 6) is -0.311. The Morgan fingerprint density at radius 2 is 2.00 bits per heavy atom. The van der Waals surface area contributed by atoms with Crippen LogP contribution in [0.4, 0.5) is 11.5 Å². The normalized spacial score (nSPS) is 19.6. The highest BCUT2D eigenvalue weighted by atomic mass is 16.2. The second kappa shape index (κ2) is 8.47. The second-order valence-electron chi connectivity index (χ2n) is 9.11. The van der Waals surface area contributed by atoms with Crippen LogP contribution in [0, 0.1) is 0 Å². The molecular formula is C26H30N8O2. The molecule has 1 aromatic carbocycles. The van der Waals surface area contributed by atoms with Gasteiger partial charge in [0.2, 0.25) is 5.91 Å². The summed E-state index contributed by atoms with van der Waals surface area (Å²) in [6.07, 6.45) is 3.72. The Morgan fingerprint density at radius 1 is 1.19 bits per heavy atom. The third-order valence-electron chi connectivity index (χ3n) is 6.53. The van der Waals surface area contributed by atoms with Gasteiger partial charge in [-0.3, -0.25) is 14.3 Å². The van der Waals surface area contributed by atoms with Crippen molar-refractivity contribution < 1.29 is 19.2 Å². The van der Waals surface area contributed by atoms with Gasteiger partial charge in [0.15, 0.2) is 5.82 Å². The zero-order chi connectivity index (χ0) is 31.7. The summed E-state index contributed by atoms with van der Waals surface area (Å²) in [5.41, 5.74) is 8.10. The molecule has 0 radical (unpaired) electrons. The zero-order valence-corrected chi connectivity index (χ0v) is 20.1. The molecule has 4 aromatic rings. The van der Waals surface area contributed by atoms with Gasteiger partial charge in [-0.15, -0.1) is 0 Å². The van der Waals surface area contributed by atoms with Crippen LogP contribution in [0.1, 0.15) is 50.1 Å². The van der Waals surface area contributed by atoms with Crippen LogP contribution in [-0.4, -0.2) is 59.7 Å². The fourth-order valence-electron chi connectivity index (χ4n) is 4.74. The third-order valence-corrected chi connectivity index (χ3v) is 6.53. The van der Waals surface area contributed by atoms with Gasteiger partial charge in [0.25, 0.3) is 5.91 Å². The van der Waals surface area contributed by atoms with Crippen molar-refractivity contribution >= 4 is 28.8 Å². The summed E-state index contributed by atoms with van der Waals surface area (Å²) in [7, 11) is 0. The van der Waals surface area contributed by atoms with E-state index in [1.165, 1.54) is 30.2 Å². The zero-order valence-electron chi connectivity index (χ0n) is 27.1. The fraction of sp³-hybridized carbons (Fsp3) is 0.346. The minimum Gasteiger partial charge on any atom is -0.382 e. The summed E-state index contributed by atoms with van der Waals surface area (Å²) >= 11 is 0. The van der Waals surface area contributed by atoms with Crippen LogP contribution in [0.2, 0.25) is 0 Å². The highest BCUT2D eigenvalue weighted by molar-refractivity contribution is 6.03. The Balaban J connectivity index is 1.61. The van der Waals surface area contributed by atoms with E-state index in [2.05, 4.69) is 15.2 Å². The van der Waals surface area contributed by atoms with E-state index in [-0.39, 0.29) is 17.6 Å². The van der Waals surface area contributed by atoms with Crippen molar-refractivity contribution in [1.82, 2.24) is 29.3 Å². The molecule has 10 nitrogen and oxygen atoms in total. The number of aromatic nitrogens is 5. The molecule has 0 spiro atoms. The van der Waals surface area contributed by atoms with Crippen LogP contribution in [0.15, 0.2) is 49.1 Å². The first-order valence-electron chi connectivity index (χ1n) is 14.8. The molecule has 4 heterocycles. The van der Waals surface area contributed by atoms with E-state index in [9.17, 15) is 9.59 Å². The quantitative estimate of drug-likeness (QED) is 0.466. The van der Waals surface area contributed by atoms with Gasteiger partial charge < -0.3 is 15.5 Å². The van der Waals surface area contributed by atoms with Crippen molar-refractivity contribution in [3.8, 4) is 22.4 Å². The maximum Gasteiger partial charge on any atom is 0.252 e. The number of amides is 2. The fourth-order valence-corrected chi connectivity index (χ4v) is 4.74. The standard InChI is InChI=1S/C26H30N8O2/c1-16(2)33-14-19(13-29-33)21-12-22(34-23(21)24(27)28-15-30-34)18-7-6-8-20(11-18)31-9-10-32(17(3)35)26(4,5)25(31)36/h6-8,11-16H,9-10H2,1-5H3,(H2,27,28,30)/i1D3,2D3,16D. The molecule has 186 valence electrons. The van der Waals surface area contributed by atoms with Crippen LogP contribution in [0.5, 0.6) is 0 Å². The van der Waals surface area contributed by atoms with E-state index in [0.29, 0.717) is 51.4 Å². The molecule has 36 heavy (non-hydrogen) atoms. The number of benzene rings is 1. The van der Waals surface area contributed by atoms with Gasteiger partial charge in [-0.1, -0.05) is 12.1 Å². The van der Waals surface area contributed by atoms with E-state index in [4.69, 9.17) is 15.3 Å². The lowest BCUT2D eigenvalue weighted by atomic mass is 9.96. The molecule has 0 bridgehead atoms. The predicted molar refractivity (Wildman–Crippen MR) is 138 cm³/mol. The number of piperazine rings is 1. The smallest absolute Gasteiger partial charge is 0.252 e. The summed E-state index contributed by atoms with van der Waals surface area (Å²) in [6.45, 7) is -0.906. The topological polar surface area (TPSA) is 115 Å².